The van der Waals surface area contributed by atoms with Gasteiger partial charge in [0.25, 0.3) is 6.71 Å². The van der Waals surface area contributed by atoms with Crippen LogP contribution in [0.4, 0.5) is 34.3 Å². The lowest BCUT2D eigenvalue weighted by molar-refractivity contribution is 0.587. The number of hydrogen-bond acceptors (Lipinski definition) is 4. The van der Waals surface area contributed by atoms with E-state index < -0.39 is 0 Å². The molecule has 65 heavy (non-hydrogen) atoms. The van der Waals surface area contributed by atoms with Crippen molar-refractivity contribution in [1.29, 1.82) is 0 Å². The van der Waals surface area contributed by atoms with Crippen molar-refractivity contribution in [1.82, 2.24) is 0 Å². The first-order chi connectivity index (χ1) is 30.4. The monoisotopic (exact) mass is 872 g/mol. The van der Waals surface area contributed by atoms with Gasteiger partial charge in [0.1, 0.15) is 5.58 Å². The van der Waals surface area contributed by atoms with Crippen LogP contribution in [0, 0.1) is 27.7 Å². The highest BCUT2D eigenvalue weighted by molar-refractivity contribution is 7.22. The Bertz CT molecular complexity index is 3180. The first-order valence-electron chi connectivity index (χ1n) is 23.6. The minimum absolute atomic E-state index is 0.0113. The normalized spacial score (nSPS) is 14.1. The highest BCUT2D eigenvalue weighted by Gasteiger charge is 2.48. The van der Waals surface area contributed by atoms with Gasteiger partial charge >= 0.3 is 0 Å². The second-order valence-electron chi connectivity index (χ2n) is 23.4. The van der Waals surface area contributed by atoms with Gasteiger partial charge in [0.2, 0.25) is 5.88 Å². The van der Waals surface area contributed by atoms with E-state index in [9.17, 15) is 0 Å². The minimum atomic E-state index is -0.145. The van der Waals surface area contributed by atoms with Crippen molar-refractivity contribution in [3.8, 4) is 10.4 Å². The zero-order chi connectivity index (χ0) is 46.4. The summed E-state index contributed by atoms with van der Waals surface area (Å²) in [6.45, 7) is 37.1. The van der Waals surface area contributed by atoms with Crippen LogP contribution in [0.3, 0.4) is 0 Å². The molecule has 0 aliphatic carbocycles. The number of hydrogen-bond donors (Lipinski definition) is 0. The van der Waals surface area contributed by atoms with Crippen LogP contribution < -0.4 is 26.2 Å². The van der Waals surface area contributed by atoms with Crippen LogP contribution in [0.1, 0.15) is 128 Å². The Hall–Kier alpha value is -5.52. The molecule has 2 aromatic heterocycles. The molecule has 0 fully saturated rings. The van der Waals surface area contributed by atoms with Gasteiger partial charge in [0.15, 0.2) is 0 Å². The van der Waals surface area contributed by atoms with E-state index in [1.54, 1.807) is 0 Å². The molecule has 0 N–H and O–H groups in total. The molecule has 0 bridgehead atoms. The Morgan fingerprint density at radius 2 is 1.00 bits per heavy atom. The number of benzene rings is 6. The van der Waals surface area contributed by atoms with Crippen molar-refractivity contribution in [3.63, 3.8) is 0 Å². The first kappa shape index (κ1) is 43.4. The highest BCUT2D eigenvalue weighted by Crippen LogP contribution is 2.51. The average Bonchev–Trinajstić information content (AvgIpc) is 3.82. The molecule has 0 saturated heterocycles. The summed E-state index contributed by atoms with van der Waals surface area (Å²) in [5.74, 6) is 0.921. The fourth-order valence-electron chi connectivity index (χ4n) is 10.6. The molecule has 6 aromatic carbocycles. The highest BCUT2D eigenvalue weighted by atomic mass is 32.1. The van der Waals surface area contributed by atoms with Crippen LogP contribution in [0.25, 0.3) is 31.5 Å². The molecule has 3 nitrogen and oxygen atoms in total. The quantitative estimate of drug-likeness (QED) is 0.165. The van der Waals surface area contributed by atoms with Crippen molar-refractivity contribution in [2.75, 3.05) is 9.80 Å². The van der Waals surface area contributed by atoms with Crippen LogP contribution in [0.5, 0.6) is 0 Å². The molecule has 0 radical (unpaired) electrons. The van der Waals surface area contributed by atoms with E-state index in [-0.39, 0.29) is 28.4 Å². The third-order valence-electron chi connectivity index (χ3n) is 14.3. The van der Waals surface area contributed by atoms with Crippen molar-refractivity contribution < 1.29 is 4.42 Å². The molecule has 0 atom stereocenters. The zero-order valence-corrected chi connectivity index (χ0v) is 42.4. The van der Waals surface area contributed by atoms with E-state index in [0.717, 1.165) is 11.5 Å². The van der Waals surface area contributed by atoms with E-state index in [1.165, 1.54) is 115 Å². The van der Waals surface area contributed by atoms with Gasteiger partial charge in [-0.2, -0.15) is 0 Å². The molecule has 330 valence electrons. The Kier molecular flexibility index (Phi) is 9.67. The molecular weight excluding hydrogens is 808 g/mol. The van der Waals surface area contributed by atoms with Crippen LogP contribution >= 0.6 is 11.3 Å². The lowest BCUT2D eigenvalue weighted by Crippen LogP contribution is -2.61. The number of rotatable bonds is 3. The molecule has 2 aliphatic rings. The predicted octanol–water partition coefficient (Wildman–Crippen LogP) is 15.8. The second-order valence-corrected chi connectivity index (χ2v) is 24.5. The molecule has 2 aliphatic heterocycles. The van der Waals surface area contributed by atoms with Crippen LogP contribution in [0.2, 0.25) is 0 Å². The van der Waals surface area contributed by atoms with Gasteiger partial charge in [-0.15, -0.1) is 11.3 Å². The van der Waals surface area contributed by atoms with E-state index in [2.05, 4.69) is 224 Å². The maximum absolute atomic E-state index is 7.36. The summed E-state index contributed by atoms with van der Waals surface area (Å²) in [5.41, 5.74) is 22.3. The summed E-state index contributed by atoms with van der Waals surface area (Å²) in [5, 5.41) is 2.48. The Morgan fingerprint density at radius 3 is 1.55 bits per heavy atom. The van der Waals surface area contributed by atoms with Gasteiger partial charge in [-0.1, -0.05) is 144 Å². The minimum Gasteiger partial charge on any atom is -0.440 e. The largest absolute Gasteiger partial charge is 0.440 e. The smallest absolute Gasteiger partial charge is 0.257 e. The van der Waals surface area contributed by atoms with E-state index in [0.29, 0.717) is 0 Å². The molecule has 0 saturated carbocycles. The summed E-state index contributed by atoms with van der Waals surface area (Å²) < 4.78 is 8.67. The van der Waals surface area contributed by atoms with Crippen LogP contribution in [-0.2, 0) is 21.7 Å². The summed E-state index contributed by atoms with van der Waals surface area (Å²) in [4.78, 5) is 6.46. The Balaban J connectivity index is 1.37. The van der Waals surface area contributed by atoms with Gasteiger partial charge in [-0.3, -0.25) is 4.90 Å². The van der Waals surface area contributed by atoms with Gasteiger partial charge < -0.3 is 9.32 Å². The maximum atomic E-state index is 7.36. The van der Waals surface area contributed by atoms with Gasteiger partial charge in [-0.25, -0.2) is 0 Å². The van der Waals surface area contributed by atoms with Crippen molar-refractivity contribution in [2.45, 2.75) is 132 Å². The molecular formula is C60H65BN2OS. The van der Waals surface area contributed by atoms with E-state index >= 15 is 0 Å². The summed E-state index contributed by atoms with van der Waals surface area (Å²) in [6, 6.07) is 40.1. The van der Waals surface area contributed by atoms with E-state index in [4.69, 9.17) is 4.42 Å². The molecule has 5 heteroatoms. The number of anilines is 6. The molecule has 0 spiro atoms. The van der Waals surface area contributed by atoms with Crippen molar-refractivity contribution in [3.05, 3.63) is 148 Å². The van der Waals surface area contributed by atoms with Crippen molar-refractivity contribution >= 4 is 89.8 Å². The van der Waals surface area contributed by atoms with Crippen LogP contribution in [-0.4, -0.2) is 6.71 Å². The predicted molar refractivity (Wildman–Crippen MR) is 285 cm³/mol. The SMILES string of the molecule is Cc1cc(C(C)(C)C)cc(C)c1N1c2cc(-c3cc4ccccc4s3)ccc2B2c3c1cc(C(C)(C)C)cc3N(c1c(C)cc(C(C)(C)C)cc1C)c1oc3ccc(C(C)(C)C)cc3c12. The average molecular weight is 873 g/mol. The lowest BCUT2D eigenvalue weighted by Gasteiger charge is -2.45. The van der Waals surface area contributed by atoms with E-state index in [1.807, 2.05) is 11.3 Å². The molecule has 4 heterocycles. The zero-order valence-electron chi connectivity index (χ0n) is 41.6. The number of aryl methyl sites for hydroxylation is 4. The summed E-state index contributed by atoms with van der Waals surface area (Å²) in [7, 11) is 0. The Labute approximate surface area is 392 Å². The number of fused-ring (bicyclic) bond motifs is 7. The van der Waals surface area contributed by atoms with Gasteiger partial charge in [0, 0.05) is 37.5 Å². The first-order valence-corrected chi connectivity index (χ1v) is 24.4. The molecule has 0 amide bonds. The molecule has 10 rings (SSSR count). The summed E-state index contributed by atoms with van der Waals surface area (Å²) in [6.07, 6.45) is 0. The third kappa shape index (κ3) is 6.98. The number of furan rings is 1. The number of thiophene rings is 1. The third-order valence-corrected chi connectivity index (χ3v) is 15.5. The number of nitrogens with zero attached hydrogens (tertiary/aromatic N) is 2. The topological polar surface area (TPSA) is 19.6 Å². The fourth-order valence-corrected chi connectivity index (χ4v) is 11.7. The Morgan fingerprint density at radius 1 is 0.477 bits per heavy atom. The molecule has 8 aromatic rings. The second kappa shape index (κ2) is 14.5. The lowest BCUT2D eigenvalue weighted by atomic mass is 9.33. The summed E-state index contributed by atoms with van der Waals surface area (Å²) >= 11 is 1.88. The maximum Gasteiger partial charge on any atom is 0.257 e. The standard InChI is InChI=1S/C60H65BN2OS/c1-34-25-41(58(8,9)10)26-35(2)54(34)62-46-29-39(51-30-38-19-17-18-20-50(38)65-51)21-23-45(46)61-52-44-31-40(57(5,6)7)22-24-49(44)64-56(52)63(48-33-43(60(14,15)16)32-47(62)53(48)61)55-36(3)27-42(28-37(55)4)59(11,12)13/h17-33H,1-16H3. The van der Waals surface area contributed by atoms with Gasteiger partial charge in [-0.05, 0) is 158 Å². The van der Waals surface area contributed by atoms with Gasteiger partial charge in [0.05, 0.1) is 11.4 Å². The molecule has 0 unspecified atom stereocenters. The fraction of sp³-hybridized carbons (Fsp3) is 0.333. The van der Waals surface area contributed by atoms with Crippen molar-refractivity contribution in [2.24, 2.45) is 0 Å². The van der Waals surface area contributed by atoms with Crippen LogP contribution in [0.15, 0.2) is 108 Å².